The number of anilines is 6. The van der Waals surface area contributed by atoms with Gasteiger partial charge >= 0.3 is 6.03 Å². The SMILES string of the molecule is COc1cc(N2CCC(N3CCN(Cc4ccc(N5CCC(=O)NC5=O)nc4)CC3)CC2)c(C)cc1Nc1ncc(Br)c(Nc2ccc3nccnc3c2P(C)(C)=O)n1. The van der Waals surface area contributed by atoms with E-state index in [1.165, 1.54) is 4.90 Å². The number of nitrogens with one attached hydrogen (secondary N) is 3. The number of fused-ring (bicyclic) bond motifs is 1. The summed E-state index contributed by atoms with van der Waals surface area (Å²) in [4.78, 5) is 55.5. The number of hydrogen-bond donors (Lipinski definition) is 3. The summed E-state index contributed by atoms with van der Waals surface area (Å²) in [7, 11) is -1.09. The Labute approximate surface area is 351 Å². The number of urea groups is 1. The molecule has 8 rings (SSSR count). The molecule has 16 nitrogen and oxygen atoms in total. The maximum absolute atomic E-state index is 13.5. The number of carbonyl (C=O) groups is 2. The Kier molecular flexibility index (Phi) is 11.8. The molecule has 0 saturated carbocycles. The van der Waals surface area contributed by atoms with Crippen molar-refractivity contribution in [3.8, 4) is 5.75 Å². The number of rotatable bonds is 11. The van der Waals surface area contributed by atoms with Crippen LogP contribution in [0.5, 0.6) is 5.75 Å². The number of piperazine rings is 1. The number of carbonyl (C=O) groups excluding carboxylic acids is 2. The first-order chi connectivity index (χ1) is 28.4. The monoisotopic (exact) mass is 882 g/mol. The van der Waals surface area contributed by atoms with Gasteiger partial charge in [-0.25, -0.2) is 14.8 Å². The minimum Gasteiger partial charge on any atom is -0.494 e. The lowest BCUT2D eigenvalue weighted by molar-refractivity contribution is -0.120. The van der Waals surface area contributed by atoms with Crippen molar-refractivity contribution in [2.24, 2.45) is 0 Å². The first-order valence-corrected chi connectivity index (χ1v) is 23.1. The number of amides is 3. The highest BCUT2D eigenvalue weighted by molar-refractivity contribution is 9.10. The van der Waals surface area contributed by atoms with Crippen molar-refractivity contribution in [1.82, 2.24) is 40.0 Å². The standard InChI is InChI=1S/C41H48BrN12O4P/c1-26-21-32(48-40-46-24-29(42)39(50-40)47-31-7-6-30-37(44-13-12-43-30)38(31)59(3,4)57)34(58-2)22-33(26)53-14-9-28(10-15-53)52-19-17-51(18-20-52)25-27-5-8-35(45-23-27)54-16-11-36(55)49-41(54)56/h5-8,12-13,21-24,28H,9-11,14-20,25H2,1-4H3,(H,49,55,56)(H2,46,47,48,50). The van der Waals surface area contributed by atoms with Crippen molar-refractivity contribution in [3.05, 3.63) is 76.8 Å². The second-order valence-electron chi connectivity index (χ2n) is 15.5. The fourth-order valence-electron chi connectivity index (χ4n) is 8.18. The van der Waals surface area contributed by atoms with E-state index in [9.17, 15) is 14.2 Å². The maximum Gasteiger partial charge on any atom is 0.329 e. The van der Waals surface area contributed by atoms with Gasteiger partial charge in [0.25, 0.3) is 0 Å². The molecular weight excluding hydrogens is 835 g/mol. The van der Waals surface area contributed by atoms with Crippen LogP contribution < -0.4 is 35.8 Å². The summed E-state index contributed by atoms with van der Waals surface area (Å²) in [5.41, 5.74) is 6.05. The minimum atomic E-state index is -2.77. The lowest BCUT2D eigenvalue weighted by Crippen LogP contribution is -2.53. The number of aryl methyl sites for hydroxylation is 1. The first kappa shape index (κ1) is 40.6. The van der Waals surface area contributed by atoms with Gasteiger partial charge in [-0.3, -0.25) is 34.8 Å². The number of imide groups is 1. The highest BCUT2D eigenvalue weighted by Gasteiger charge is 2.30. The van der Waals surface area contributed by atoms with Crippen LogP contribution in [0.4, 0.5) is 39.4 Å². The molecule has 0 radical (unpaired) electrons. The third-order valence-electron chi connectivity index (χ3n) is 11.2. The van der Waals surface area contributed by atoms with E-state index in [-0.39, 0.29) is 12.3 Å². The number of aromatic nitrogens is 5. The number of pyridine rings is 1. The summed E-state index contributed by atoms with van der Waals surface area (Å²) in [5.74, 6) is 1.88. The van der Waals surface area contributed by atoms with Crippen molar-refractivity contribution in [3.63, 3.8) is 0 Å². The van der Waals surface area contributed by atoms with Gasteiger partial charge in [-0.15, -0.1) is 0 Å². The Bertz CT molecular complexity index is 2420. The van der Waals surface area contributed by atoms with Crippen molar-refractivity contribution >= 4 is 86.0 Å². The molecule has 3 N–H and O–H groups in total. The van der Waals surface area contributed by atoms with Crippen molar-refractivity contribution in [1.29, 1.82) is 0 Å². The lowest BCUT2D eigenvalue weighted by Gasteiger charge is -2.43. The Hall–Kier alpha value is -5.22. The molecule has 3 fully saturated rings. The van der Waals surface area contributed by atoms with E-state index < -0.39 is 13.2 Å². The number of nitrogens with zero attached hydrogens (tertiary/aromatic N) is 9. The normalized spacial score (nSPS) is 17.3. The third-order valence-corrected chi connectivity index (χ3v) is 13.3. The zero-order chi connectivity index (χ0) is 41.3. The highest BCUT2D eigenvalue weighted by atomic mass is 79.9. The fraction of sp³-hybridized carbons (Fsp3) is 0.390. The quantitative estimate of drug-likeness (QED) is 0.135. The van der Waals surface area contributed by atoms with Crippen LogP contribution in [0.15, 0.2) is 65.7 Å². The largest absolute Gasteiger partial charge is 0.494 e. The Morgan fingerprint density at radius 3 is 2.39 bits per heavy atom. The summed E-state index contributed by atoms with van der Waals surface area (Å²) in [6, 6.07) is 11.9. The van der Waals surface area contributed by atoms with Crippen LogP contribution in [-0.4, -0.2) is 119 Å². The molecule has 6 heterocycles. The van der Waals surface area contributed by atoms with Crippen molar-refractivity contribution < 1.29 is 18.9 Å². The topological polar surface area (TPSA) is 174 Å². The summed E-state index contributed by atoms with van der Waals surface area (Å²) in [6.45, 7) is 12.7. The van der Waals surface area contributed by atoms with Crippen LogP contribution >= 0.6 is 23.1 Å². The lowest BCUT2D eigenvalue weighted by atomic mass is 10.00. The average molecular weight is 884 g/mol. The van der Waals surface area contributed by atoms with E-state index in [0.717, 1.165) is 81.2 Å². The second-order valence-corrected chi connectivity index (χ2v) is 19.5. The molecule has 0 atom stereocenters. The number of benzene rings is 2. The molecule has 3 aromatic heterocycles. The molecule has 3 saturated heterocycles. The van der Waals surface area contributed by atoms with Crippen LogP contribution in [0.3, 0.4) is 0 Å². The van der Waals surface area contributed by atoms with E-state index in [4.69, 9.17) is 9.72 Å². The molecule has 18 heteroatoms. The van der Waals surface area contributed by atoms with Gasteiger partial charge < -0.3 is 24.8 Å². The fourth-order valence-corrected chi connectivity index (χ4v) is 9.87. The summed E-state index contributed by atoms with van der Waals surface area (Å²) in [5, 5.41) is 9.70. The van der Waals surface area contributed by atoms with Crippen LogP contribution in [0, 0.1) is 6.92 Å². The smallest absolute Gasteiger partial charge is 0.329 e. The van der Waals surface area contributed by atoms with Gasteiger partial charge in [0.2, 0.25) is 11.9 Å². The molecule has 3 aliphatic heterocycles. The maximum atomic E-state index is 13.5. The predicted molar refractivity (Wildman–Crippen MR) is 234 cm³/mol. The molecule has 0 aliphatic carbocycles. The molecule has 2 aromatic carbocycles. The summed E-state index contributed by atoms with van der Waals surface area (Å²) >= 11 is 3.58. The molecule has 3 amide bonds. The van der Waals surface area contributed by atoms with Crippen LogP contribution in [0.25, 0.3) is 11.0 Å². The van der Waals surface area contributed by atoms with Gasteiger partial charge in [-0.1, -0.05) is 6.07 Å². The zero-order valence-electron chi connectivity index (χ0n) is 33.6. The van der Waals surface area contributed by atoms with Crippen molar-refractivity contribution in [2.45, 2.75) is 38.8 Å². The highest BCUT2D eigenvalue weighted by Crippen LogP contribution is 2.42. The van der Waals surface area contributed by atoms with E-state index in [1.807, 2.05) is 30.5 Å². The van der Waals surface area contributed by atoms with Crippen LogP contribution in [0.1, 0.15) is 30.4 Å². The van der Waals surface area contributed by atoms with E-state index in [0.29, 0.717) is 62.4 Å². The van der Waals surface area contributed by atoms with Gasteiger partial charge in [-0.05, 0) is 84.4 Å². The number of halogens is 1. The van der Waals surface area contributed by atoms with Gasteiger partial charge in [0.05, 0.1) is 33.8 Å². The van der Waals surface area contributed by atoms with Gasteiger partial charge in [0.1, 0.15) is 30.0 Å². The molecule has 0 bridgehead atoms. The Morgan fingerprint density at radius 2 is 1.68 bits per heavy atom. The number of ether oxygens (including phenoxy) is 1. The van der Waals surface area contributed by atoms with E-state index >= 15 is 0 Å². The second kappa shape index (κ2) is 17.2. The molecule has 5 aromatic rings. The first-order valence-electron chi connectivity index (χ1n) is 19.8. The number of methoxy groups -OCH3 is 1. The molecule has 0 unspecified atom stereocenters. The molecule has 3 aliphatic rings. The minimum absolute atomic E-state index is 0.251. The summed E-state index contributed by atoms with van der Waals surface area (Å²) < 4.78 is 20.0. The molecular formula is C41H48BrN12O4P. The van der Waals surface area contributed by atoms with E-state index in [2.05, 4.69) is 85.6 Å². The predicted octanol–water partition coefficient (Wildman–Crippen LogP) is 5.86. The van der Waals surface area contributed by atoms with Crippen LogP contribution in [0.2, 0.25) is 0 Å². The molecule has 59 heavy (non-hydrogen) atoms. The van der Waals surface area contributed by atoms with Gasteiger partial charge in [-0.2, -0.15) is 4.98 Å². The summed E-state index contributed by atoms with van der Waals surface area (Å²) in [6.07, 6.45) is 9.19. The Morgan fingerprint density at radius 1 is 0.898 bits per heavy atom. The van der Waals surface area contributed by atoms with E-state index in [1.54, 1.807) is 39.0 Å². The van der Waals surface area contributed by atoms with Crippen LogP contribution in [-0.2, 0) is 15.9 Å². The number of piperidine rings is 1. The number of hydrogen-bond acceptors (Lipinski definition) is 14. The van der Waals surface area contributed by atoms with Gasteiger partial charge in [0, 0.05) is 101 Å². The molecule has 0 spiro atoms. The molecule has 308 valence electrons. The zero-order valence-corrected chi connectivity index (χ0v) is 36.1. The van der Waals surface area contributed by atoms with Crippen molar-refractivity contribution in [2.75, 3.05) is 86.7 Å². The average Bonchev–Trinajstić information content (AvgIpc) is 3.22. The van der Waals surface area contributed by atoms with Gasteiger partial charge in [0.15, 0.2) is 0 Å². The third kappa shape index (κ3) is 9.03. The Balaban J connectivity index is 0.867.